The number of hydrogen-bond acceptors (Lipinski definition) is 12. The molecule has 0 spiro atoms. The standard InChI is InChI=1S/C14H15F3N6O8S4/c1-31-13(18-7(24)4-34-14(15,16)17)10(27)23-8(9(25)26)6(2-32-11(13)23)3-33-12-19-20-21-22(12)5-35(28,29)30/h11H,2-5H2,1H3,(H,18,24)(H,25,26)(H,28,29,30)/t11-,13+/m1/s1. The highest BCUT2D eigenvalue weighted by atomic mass is 32.2. The van der Waals surface area contributed by atoms with E-state index in [0.29, 0.717) is 0 Å². The van der Waals surface area contributed by atoms with E-state index in [0.717, 1.165) is 40.2 Å². The summed E-state index contributed by atoms with van der Waals surface area (Å²) in [6.07, 6.45) is 0. The molecule has 0 aliphatic carbocycles. The van der Waals surface area contributed by atoms with Crippen LogP contribution in [0.4, 0.5) is 13.2 Å². The van der Waals surface area contributed by atoms with Gasteiger partial charge in [0.25, 0.3) is 21.8 Å². The summed E-state index contributed by atoms with van der Waals surface area (Å²) >= 11 is 1.24. The first-order valence-electron chi connectivity index (χ1n) is 9.00. The Morgan fingerprint density at radius 1 is 1.40 bits per heavy atom. The van der Waals surface area contributed by atoms with Crippen molar-refractivity contribution in [3.05, 3.63) is 11.3 Å². The lowest BCUT2D eigenvalue weighted by Gasteiger charge is -2.55. The molecule has 2 amide bonds. The number of alkyl halides is 3. The SMILES string of the molecule is CO[C@@]1(NC(=O)CSC(F)(F)F)C(=O)N2C(C(=O)O)=C(CSc3nnnn3CS(=O)(=O)O)CS[C@@H]21. The highest BCUT2D eigenvalue weighted by molar-refractivity contribution is 8.01. The van der Waals surface area contributed by atoms with Gasteiger partial charge >= 0.3 is 11.5 Å². The number of aromatic nitrogens is 4. The van der Waals surface area contributed by atoms with E-state index in [9.17, 15) is 41.1 Å². The van der Waals surface area contributed by atoms with Gasteiger partial charge in [-0.1, -0.05) is 11.8 Å². The van der Waals surface area contributed by atoms with Crippen LogP contribution in [0.25, 0.3) is 0 Å². The molecule has 1 aromatic rings. The summed E-state index contributed by atoms with van der Waals surface area (Å²) in [4.78, 5) is 37.7. The minimum atomic E-state index is -4.67. The third-order valence-corrected chi connectivity index (χ3v) is 8.21. The van der Waals surface area contributed by atoms with E-state index >= 15 is 0 Å². The van der Waals surface area contributed by atoms with Gasteiger partial charge in [0.15, 0.2) is 5.88 Å². The number of carboxylic acids is 1. The van der Waals surface area contributed by atoms with Crippen molar-refractivity contribution in [2.75, 3.05) is 24.4 Å². The van der Waals surface area contributed by atoms with Crippen molar-refractivity contribution in [1.29, 1.82) is 0 Å². The minimum Gasteiger partial charge on any atom is -0.477 e. The van der Waals surface area contributed by atoms with E-state index in [4.69, 9.17) is 9.29 Å². The summed E-state index contributed by atoms with van der Waals surface area (Å²) in [6, 6.07) is 0. The van der Waals surface area contributed by atoms with Crippen LogP contribution in [0.3, 0.4) is 0 Å². The van der Waals surface area contributed by atoms with Gasteiger partial charge in [0.05, 0.1) is 5.75 Å². The van der Waals surface area contributed by atoms with Gasteiger partial charge < -0.3 is 15.2 Å². The number of nitrogens with zero attached hydrogens (tertiary/aromatic N) is 5. The Balaban J connectivity index is 1.78. The molecular weight excluding hydrogens is 565 g/mol. The Morgan fingerprint density at radius 3 is 2.66 bits per heavy atom. The Hall–Kier alpha value is -2.07. The summed E-state index contributed by atoms with van der Waals surface area (Å²) < 4.78 is 74.2. The summed E-state index contributed by atoms with van der Waals surface area (Å²) in [5, 5.41) is 21.1. The van der Waals surface area contributed by atoms with Gasteiger partial charge in [0.1, 0.15) is 11.1 Å². The van der Waals surface area contributed by atoms with Crippen LogP contribution in [0.15, 0.2) is 16.4 Å². The predicted octanol–water partition coefficient (Wildman–Crippen LogP) is -0.424. The average molecular weight is 581 g/mol. The molecule has 0 saturated carbocycles. The fraction of sp³-hybridized carbons (Fsp3) is 0.571. The Bertz CT molecular complexity index is 1170. The fourth-order valence-corrected chi connectivity index (χ4v) is 6.52. The molecule has 0 unspecified atom stereocenters. The first kappa shape index (κ1) is 27.5. The molecule has 0 bridgehead atoms. The van der Waals surface area contributed by atoms with Gasteiger partial charge in [-0.2, -0.15) is 21.6 Å². The van der Waals surface area contributed by atoms with E-state index < -0.39 is 73.6 Å². The molecule has 1 saturated heterocycles. The maximum absolute atomic E-state index is 12.9. The van der Waals surface area contributed by atoms with Crippen LogP contribution in [-0.2, 0) is 35.1 Å². The van der Waals surface area contributed by atoms with Crippen molar-refractivity contribution < 1.29 is 50.4 Å². The van der Waals surface area contributed by atoms with Crippen LogP contribution >= 0.6 is 35.3 Å². The largest absolute Gasteiger partial charge is 0.477 e. The van der Waals surface area contributed by atoms with E-state index in [2.05, 4.69) is 20.8 Å². The van der Waals surface area contributed by atoms with Crippen LogP contribution in [0.2, 0.25) is 0 Å². The van der Waals surface area contributed by atoms with E-state index in [1.54, 1.807) is 0 Å². The summed E-state index contributed by atoms with van der Waals surface area (Å²) in [5.74, 6) is -5.64. The Kier molecular flexibility index (Phi) is 7.96. The second-order valence-electron chi connectivity index (χ2n) is 6.78. The molecule has 0 aromatic carbocycles. The number of rotatable bonds is 10. The van der Waals surface area contributed by atoms with Gasteiger partial charge in [-0.05, 0) is 27.8 Å². The molecule has 3 heterocycles. The van der Waals surface area contributed by atoms with Gasteiger partial charge in [-0.15, -0.1) is 16.9 Å². The number of methoxy groups -OCH3 is 1. The molecule has 21 heteroatoms. The van der Waals surface area contributed by atoms with Crippen LogP contribution in [0.1, 0.15) is 0 Å². The smallest absolute Gasteiger partial charge is 0.442 e. The number of fused-ring (bicyclic) bond motifs is 1. The molecule has 2 aliphatic rings. The lowest BCUT2D eigenvalue weighted by atomic mass is 9.98. The number of amides is 2. The predicted molar refractivity (Wildman–Crippen MR) is 114 cm³/mol. The highest BCUT2D eigenvalue weighted by Crippen LogP contribution is 2.47. The molecule has 35 heavy (non-hydrogen) atoms. The molecule has 1 aromatic heterocycles. The highest BCUT2D eigenvalue weighted by Gasteiger charge is 2.66. The van der Waals surface area contributed by atoms with E-state index in [-0.39, 0.29) is 22.2 Å². The Labute approximate surface area is 207 Å². The van der Waals surface area contributed by atoms with Crippen LogP contribution in [-0.4, -0.2) is 102 Å². The Morgan fingerprint density at radius 2 is 2.09 bits per heavy atom. The van der Waals surface area contributed by atoms with Crippen molar-refractivity contribution in [2.45, 2.75) is 27.6 Å². The third kappa shape index (κ3) is 6.02. The van der Waals surface area contributed by atoms with Gasteiger partial charge in [0.2, 0.25) is 11.1 Å². The summed E-state index contributed by atoms with van der Waals surface area (Å²) in [7, 11) is -3.40. The van der Waals surface area contributed by atoms with Crippen LogP contribution in [0, 0.1) is 0 Å². The number of thioether (sulfide) groups is 3. The number of carbonyl (C=O) groups excluding carboxylic acids is 2. The zero-order valence-electron chi connectivity index (χ0n) is 17.3. The molecule has 194 valence electrons. The molecule has 3 rings (SSSR count). The molecule has 2 aliphatic heterocycles. The summed E-state index contributed by atoms with van der Waals surface area (Å²) in [5.41, 5.74) is -6.92. The zero-order chi connectivity index (χ0) is 26.2. The molecule has 2 atom stereocenters. The average Bonchev–Trinajstić information content (AvgIpc) is 3.18. The van der Waals surface area contributed by atoms with Crippen LogP contribution < -0.4 is 5.32 Å². The normalized spacial score (nSPS) is 22.6. The number of carboxylic acid groups (broad SMARTS) is 1. The third-order valence-electron chi connectivity index (χ3n) is 4.49. The maximum Gasteiger partial charge on any atom is 0.442 e. The molecular formula is C14H15F3N6O8S4. The minimum absolute atomic E-state index is 0.0151. The van der Waals surface area contributed by atoms with Crippen molar-refractivity contribution in [3.63, 3.8) is 0 Å². The van der Waals surface area contributed by atoms with Gasteiger partial charge in [0, 0.05) is 18.6 Å². The lowest BCUT2D eigenvalue weighted by Crippen LogP contribution is -2.80. The van der Waals surface area contributed by atoms with Crippen molar-refractivity contribution >= 4 is 63.2 Å². The fourth-order valence-electron chi connectivity index (χ4n) is 3.13. The number of nitrogens with one attached hydrogen (secondary N) is 1. The quantitative estimate of drug-likeness (QED) is 0.140. The second-order valence-corrected chi connectivity index (χ2v) is 11.3. The number of hydrogen-bond donors (Lipinski definition) is 3. The monoisotopic (exact) mass is 580 g/mol. The number of ether oxygens (including phenoxy) is 1. The van der Waals surface area contributed by atoms with E-state index in [1.165, 1.54) is 0 Å². The number of tetrazole rings is 1. The molecule has 1 fully saturated rings. The van der Waals surface area contributed by atoms with Crippen molar-refractivity contribution in [1.82, 2.24) is 30.4 Å². The lowest BCUT2D eigenvalue weighted by molar-refractivity contribution is -0.192. The number of carbonyl (C=O) groups is 3. The number of aliphatic carboxylic acids is 1. The molecule has 0 radical (unpaired) electrons. The topological polar surface area (TPSA) is 194 Å². The zero-order valence-corrected chi connectivity index (χ0v) is 20.5. The van der Waals surface area contributed by atoms with Crippen LogP contribution in [0.5, 0.6) is 0 Å². The molecule has 14 nitrogen and oxygen atoms in total. The maximum atomic E-state index is 12.9. The molecule has 3 N–H and O–H groups in total. The first-order valence-corrected chi connectivity index (χ1v) is 13.6. The van der Waals surface area contributed by atoms with Gasteiger partial charge in [-0.25, -0.2) is 9.48 Å². The van der Waals surface area contributed by atoms with Crippen molar-refractivity contribution in [3.8, 4) is 0 Å². The van der Waals surface area contributed by atoms with Gasteiger partial charge in [-0.3, -0.25) is 19.0 Å². The second kappa shape index (κ2) is 10.1. The first-order chi connectivity index (χ1) is 16.2. The number of β-lactam (4-membered cyclic amide) rings is 1. The number of halogens is 3. The van der Waals surface area contributed by atoms with Crippen molar-refractivity contribution in [2.24, 2.45) is 0 Å². The summed E-state index contributed by atoms with van der Waals surface area (Å²) in [6.45, 7) is 0. The van der Waals surface area contributed by atoms with E-state index in [1.807, 2.05) is 0 Å².